The van der Waals surface area contributed by atoms with Crippen LogP contribution >= 0.6 is 0 Å². The van der Waals surface area contributed by atoms with Crippen LogP contribution in [0, 0.1) is 10.1 Å². The van der Waals surface area contributed by atoms with Crippen molar-refractivity contribution in [1.82, 2.24) is 9.91 Å². The number of nitrogens with zero attached hydrogens (tertiary/aromatic N) is 4. The van der Waals surface area contributed by atoms with Crippen LogP contribution in [0.15, 0.2) is 21.7 Å². The number of morpholine rings is 1. The molecule has 1 amide bonds. The highest BCUT2D eigenvalue weighted by Gasteiger charge is 2.32. The van der Waals surface area contributed by atoms with E-state index in [1.54, 1.807) is 0 Å². The van der Waals surface area contributed by atoms with Crippen molar-refractivity contribution < 1.29 is 34.6 Å². The Morgan fingerprint density at radius 3 is 2.96 bits per heavy atom. The van der Waals surface area contributed by atoms with E-state index >= 15 is 0 Å². The topological polar surface area (TPSA) is 111 Å². The van der Waals surface area contributed by atoms with E-state index in [0.717, 1.165) is 17.3 Å². The molecule has 1 atom stereocenters. The number of hydrogen-bond acceptors (Lipinski definition) is 8. The number of carbonyl (C=O) groups is 1. The molecule has 0 bridgehead atoms. The average molecular weight is 332 g/mol. The molecule has 1 aromatic heterocycles. The predicted octanol–water partition coefficient (Wildman–Crippen LogP) is 0.675. The van der Waals surface area contributed by atoms with Gasteiger partial charge in [0.15, 0.2) is 5.76 Å². The molecule has 0 saturated carbocycles. The van der Waals surface area contributed by atoms with Crippen LogP contribution in [0.5, 0.6) is 0 Å². The number of furan rings is 1. The lowest BCUT2D eigenvalue weighted by Gasteiger charge is -2.27. The minimum absolute atomic E-state index is 0.0369. The zero-order valence-electron chi connectivity index (χ0n) is 19.5. The van der Waals surface area contributed by atoms with Crippen molar-refractivity contribution in [1.29, 1.82) is 0 Å². The summed E-state index contributed by atoms with van der Waals surface area (Å²) in [6.45, 7) is -13.7. The summed E-state index contributed by atoms with van der Waals surface area (Å²) in [7, 11) is 0. The first kappa shape index (κ1) is 8.41. The maximum absolute atomic E-state index is 12.0. The van der Waals surface area contributed by atoms with Crippen LogP contribution in [0.25, 0.3) is 0 Å². The maximum atomic E-state index is 12.0. The summed E-state index contributed by atoms with van der Waals surface area (Å²) in [5, 5.41) is 15.1. The van der Waals surface area contributed by atoms with Crippen LogP contribution in [0.3, 0.4) is 0 Å². The Hall–Kier alpha value is -2.46. The molecule has 3 heterocycles. The van der Waals surface area contributed by atoms with Gasteiger partial charge in [0.05, 0.1) is 37.4 Å². The van der Waals surface area contributed by atoms with Gasteiger partial charge >= 0.3 is 12.0 Å². The molecule has 10 heteroatoms. The predicted molar refractivity (Wildman–Crippen MR) is 77.2 cm³/mol. The van der Waals surface area contributed by atoms with E-state index in [-0.39, 0.29) is 17.2 Å². The lowest BCUT2D eigenvalue weighted by molar-refractivity contribution is -0.402. The zero-order chi connectivity index (χ0) is 23.4. The van der Waals surface area contributed by atoms with Gasteiger partial charge in [-0.3, -0.25) is 15.0 Å². The first-order valence-corrected chi connectivity index (χ1v) is 6.33. The second kappa shape index (κ2) is 6.75. The molecule has 2 aliphatic rings. The molecule has 0 radical (unpaired) electrons. The summed E-state index contributed by atoms with van der Waals surface area (Å²) in [5.41, 5.74) is 0. The summed E-state index contributed by atoms with van der Waals surface area (Å²) in [5.74, 6) is -0.575. The van der Waals surface area contributed by atoms with Crippen molar-refractivity contribution in [3.63, 3.8) is 0 Å². The van der Waals surface area contributed by atoms with Gasteiger partial charge in [-0.2, -0.15) is 10.1 Å². The number of cyclic esters (lactones) is 1. The highest BCUT2D eigenvalue weighted by Crippen LogP contribution is 2.16. The molecule has 2 saturated heterocycles. The quantitative estimate of drug-likeness (QED) is 0.443. The van der Waals surface area contributed by atoms with Gasteiger partial charge in [-0.25, -0.2) is 4.79 Å². The van der Waals surface area contributed by atoms with Crippen LogP contribution in [0.2, 0.25) is 0 Å². The number of hydrogen-bond donors (Lipinski definition) is 0. The van der Waals surface area contributed by atoms with Crippen LogP contribution in [-0.4, -0.2) is 72.4 Å². The molecule has 23 heavy (non-hydrogen) atoms. The molecule has 0 spiro atoms. The van der Waals surface area contributed by atoms with Crippen molar-refractivity contribution in [3.8, 4) is 0 Å². The second-order valence-electron chi connectivity index (χ2n) is 4.41. The fourth-order valence-electron chi connectivity index (χ4n) is 1.84. The van der Waals surface area contributed by atoms with E-state index in [2.05, 4.69) is 9.84 Å². The maximum Gasteiger partial charge on any atom is 0.433 e. The standard InChI is InChI=1S/C13H16N4O6/c18-13-16(14-7-10-1-2-12(22-10)17(19)20)9-11(23-13)8-15-3-5-21-6-4-15/h1-2,7,11H,3-6,8-9H2/b14-7-/i3D2,4D2,5D2,6D2. The Morgan fingerprint density at radius 2 is 2.26 bits per heavy atom. The summed E-state index contributed by atoms with van der Waals surface area (Å²) < 4.78 is 76.7. The molecule has 1 aromatic rings. The first-order chi connectivity index (χ1) is 14.1. The van der Waals surface area contributed by atoms with Gasteiger partial charge in [0, 0.05) is 25.0 Å². The summed E-state index contributed by atoms with van der Waals surface area (Å²) >= 11 is 0. The monoisotopic (exact) mass is 332 g/mol. The third kappa shape index (κ3) is 3.85. The first-order valence-electron chi connectivity index (χ1n) is 10.3. The third-order valence-electron chi connectivity index (χ3n) is 2.82. The molecule has 10 nitrogen and oxygen atoms in total. The van der Waals surface area contributed by atoms with Crippen LogP contribution in [0.1, 0.15) is 16.7 Å². The van der Waals surface area contributed by atoms with Crippen LogP contribution < -0.4 is 0 Å². The Bertz CT molecular complexity index is 896. The van der Waals surface area contributed by atoms with Gasteiger partial charge in [-0.05, 0) is 6.07 Å². The zero-order valence-corrected chi connectivity index (χ0v) is 11.5. The molecule has 0 N–H and O–H groups in total. The van der Waals surface area contributed by atoms with Crippen LogP contribution in [0.4, 0.5) is 10.7 Å². The third-order valence-corrected chi connectivity index (χ3v) is 2.82. The van der Waals surface area contributed by atoms with Crippen LogP contribution in [-0.2, 0) is 9.47 Å². The van der Waals surface area contributed by atoms with E-state index in [9.17, 15) is 14.9 Å². The van der Waals surface area contributed by atoms with E-state index in [1.165, 1.54) is 6.07 Å². The molecule has 124 valence electrons. The largest absolute Gasteiger partial charge is 0.441 e. The fourth-order valence-corrected chi connectivity index (χ4v) is 1.84. The minimum Gasteiger partial charge on any atom is -0.441 e. The average Bonchev–Trinajstić information content (AvgIpc) is 3.22. The van der Waals surface area contributed by atoms with Crippen molar-refractivity contribution in [2.45, 2.75) is 6.10 Å². The SMILES string of the molecule is [2H]C1([2H])OC([2H])([2H])C([2H])([2H])N(CC2CN(/N=C\c3ccc([N+](=O)[O-])o3)C(=O)O2)C1([2H])[2H]. The second-order valence-corrected chi connectivity index (χ2v) is 4.41. The van der Waals surface area contributed by atoms with E-state index in [1.807, 2.05) is 0 Å². The van der Waals surface area contributed by atoms with Gasteiger partial charge < -0.3 is 13.9 Å². The summed E-state index contributed by atoms with van der Waals surface area (Å²) in [6, 6.07) is 2.32. The van der Waals surface area contributed by atoms with Crippen molar-refractivity contribution in [3.05, 3.63) is 28.0 Å². The highest BCUT2D eigenvalue weighted by molar-refractivity contribution is 5.78. The van der Waals surface area contributed by atoms with E-state index in [0.29, 0.717) is 0 Å². The van der Waals surface area contributed by atoms with Gasteiger partial charge in [0.2, 0.25) is 0 Å². The Labute approximate surface area is 142 Å². The van der Waals surface area contributed by atoms with Crippen molar-refractivity contribution in [2.24, 2.45) is 5.10 Å². The lowest BCUT2D eigenvalue weighted by atomic mass is 10.3. The Kier molecular flexibility index (Phi) is 2.47. The molecule has 0 aliphatic carbocycles. The number of hydrazone groups is 1. The lowest BCUT2D eigenvalue weighted by Crippen LogP contribution is -2.41. The van der Waals surface area contributed by atoms with Gasteiger partial charge in [0.25, 0.3) is 0 Å². The van der Waals surface area contributed by atoms with Crippen molar-refractivity contribution >= 4 is 18.2 Å². The summed E-state index contributed by atoms with van der Waals surface area (Å²) in [6.07, 6.45) is -1.20. The molecule has 2 aliphatic heterocycles. The number of amides is 1. The minimum atomic E-state index is -3.21. The molecule has 0 aromatic carbocycles. The number of rotatable bonds is 5. The Balaban J connectivity index is 1.75. The molecule has 1 unspecified atom stereocenters. The summed E-state index contributed by atoms with van der Waals surface area (Å²) in [4.78, 5) is 22.1. The smallest absolute Gasteiger partial charge is 0.433 e. The molecule has 2 fully saturated rings. The highest BCUT2D eigenvalue weighted by atomic mass is 16.6. The number of ether oxygens (including phenoxy) is 2. The van der Waals surface area contributed by atoms with E-state index in [4.69, 9.17) is 20.1 Å². The normalized spacial score (nSPS) is 36.6. The Morgan fingerprint density at radius 1 is 1.48 bits per heavy atom. The van der Waals surface area contributed by atoms with E-state index < -0.39 is 55.7 Å². The van der Waals surface area contributed by atoms with Gasteiger partial charge in [-0.1, -0.05) is 0 Å². The van der Waals surface area contributed by atoms with Gasteiger partial charge in [0.1, 0.15) is 11.0 Å². The molecule has 3 rings (SSSR count). The van der Waals surface area contributed by atoms with Gasteiger partial charge in [-0.15, -0.1) is 0 Å². The molecular weight excluding hydrogens is 308 g/mol. The number of nitro groups is 1. The fraction of sp³-hybridized carbons (Fsp3) is 0.538. The van der Waals surface area contributed by atoms with Crippen molar-refractivity contribution in [2.75, 3.05) is 39.2 Å². The molecular formula is C13H16N4O6. The number of carbonyl (C=O) groups excluding carboxylic acids is 1.